The van der Waals surface area contributed by atoms with Crippen molar-refractivity contribution < 1.29 is 27.5 Å². The number of hydrogen-bond acceptors (Lipinski definition) is 2. The minimum Gasteiger partial charge on any atom is -0.476 e. The van der Waals surface area contributed by atoms with Crippen LogP contribution in [-0.4, -0.2) is 20.6 Å². The Morgan fingerprint density at radius 1 is 1.26 bits per heavy atom. The number of aromatic carboxylic acids is 1. The fourth-order valence-electron chi connectivity index (χ4n) is 1.46. The van der Waals surface area contributed by atoms with Crippen LogP contribution in [0.2, 0.25) is 0 Å². The zero-order valence-corrected chi connectivity index (χ0v) is 9.15. The Hall–Kier alpha value is -2.38. The van der Waals surface area contributed by atoms with Gasteiger partial charge < -0.3 is 9.67 Å². The summed E-state index contributed by atoms with van der Waals surface area (Å²) in [5, 5.41) is 8.65. The van der Waals surface area contributed by atoms with Crippen molar-refractivity contribution in [3.63, 3.8) is 0 Å². The molecule has 19 heavy (non-hydrogen) atoms. The number of rotatable bonds is 2. The summed E-state index contributed by atoms with van der Waals surface area (Å²) in [5.74, 6) is -2.40. The van der Waals surface area contributed by atoms with Gasteiger partial charge in [0.25, 0.3) is 0 Å². The quantitative estimate of drug-likeness (QED) is 0.857. The highest BCUT2D eigenvalue weighted by molar-refractivity contribution is 5.85. The first-order valence-corrected chi connectivity index (χ1v) is 4.93. The van der Waals surface area contributed by atoms with Crippen LogP contribution in [0.5, 0.6) is 0 Å². The summed E-state index contributed by atoms with van der Waals surface area (Å²) >= 11 is 0. The lowest BCUT2D eigenvalue weighted by molar-refractivity contribution is -0.137. The minimum atomic E-state index is -4.69. The Bertz CT molecular complexity index is 634. The average Bonchev–Trinajstić information content (AvgIpc) is 2.76. The van der Waals surface area contributed by atoms with Crippen LogP contribution in [0.3, 0.4) is 0 Å². The van der Waals surface area contributed by atoms with E-state index in [4.69, 9.17) is 5.11 Å². The first kappa shape index (κ1) is 13.1. The average molecular weight is 274 g/mol. The van der Waals surface area contributed by atoms with Crippen LogP contribution in [0.1, 0.15) is 16.1 Å². The topological polar surface area (TPSA) is 55.1 Å². The molecule has 8 heteroatoms. The number of benzene rings is 1. The fourth-order valence-corrected chi connectivity index (χ4v) is 1.46. The molecule has 0 unspecified atom stereocenters. The van der Waals surface area contributed by atoms with E-state index in [-0.39, 0.29) is 11.4 Å². The van der Waals surface area contributed by atoms with Crippen molar-refractivity contribution in [1.29, 1.82) is 0 Å². The second-order valence-electron chi connectivity index (χ2n) is 3.67. The van der Waals surface area contributed by atoms with Gasteiger partial charge in [-0.2, -0.15) is 13.2 Å². The Morgan fingerprint density at radius 3 is 2.47 bits per heavy atom. The van der Waals surface area contributed by atoms with Crippen LogP contribution in [0.4, 0.5) is 17.6 Å². The second kappa shape index (κ2) is 4.38. The number of alkyl halides is 3. The highest BCUT2D eigenvalue weighted by Crippen LogP contribution is 2.31. The van der Waals surface area contributed by atoms with Crippen molar-refractivity contribution in [2.45, 2.75) is 6.18 Å². The molecule has 0 spiro atoms. The Kier molecular flexibility index (Phi) is 3.01. The van der Waals surface area contributed by atoms with Crippen LogP contribution in [0, 0.1) is 5.82 Å². The van der Waals surface area contributed by atoms with Crippen molar-refractivity contribution in [2.24, 2.45) is 0 Å². The Balaban J connectivity index is 2.50. The summed E-state index contributed by atoms with van der Waals surface area (Å²) in [6, 6.07) is 1.91. The van der Waals surface area contributed by atoms with Gasteiger partial charge in [0.15, 0.2) is 5.69 Å². The van der Waals surface area contributed by atoms with Crippen molar-refractivity contribution in [3.05, 3.63) is 47.8 Å². The lowest BCUT2D eigenvalue weighted by Gasteiger charge is -2.09. The third-order valence-electron chi connectivity index (χ3n) is 2.31. The number of nitrogens with zero attached hydrogens (tertiary/aromatic N) is 2. The third-order valence-corrected chi connectivity index (χ3v) is 2.31. The molecule has 1 aromatic carbocycles. The van der Waals surface area contributed by atoms with E-state index in [0.29, 0.717) is 12.1 Å². The molecule has 0 aliphatic heterocycles. The Labute approximate surface area is 103 Å². The van der Waals surface area contributed by atoms with Crippen molar-refractivity contribution in [1.82, 2.24) is 9.55 Å². The van der Waals surface area contributed by atoms with Gasteiger partial charge in [-0.25, -0.2) is 14.2 Å². The predicted octanol–water partition coefficient (Wildman–Crippen LogP) is 2.73. The number of carboxylic acid groups (broad SMARTS) is 1. The molecule has 0 fully saturated rings. The summed E-state index contributed by atoms with van der Waals surface area (Å²) in [5.41, 5.74) is -1.67. The lowest BCUT2D eigenvalue weighted by Crippen LogP contribution is -2.07. The molecule has 4 nitrogen and oxygen atoms in total. The molecule has 1 heterocycles. The number of carbonyl (C=O) groups is 1. The molecule has 0 saturated carbocycles. The van der Waals surface area contributed by atoms with Gasteiger partial charge in [0.2, 0.25) is 0 Å². The van der Waals surface area contributed by atoms with Crippen LogP contribution < -0.4 is 0 Å². The summed E-state index contributed by atoms with van der Waals surface area (Å²) in [7, 11) is 0. The van der Waals surface area contributed by atoms with Gasteiger partial charge in [-0.1, -0.05) is 0 Å². The summed E-state index contributed by atoms with van der Waals surface area (Å²) in [4.78, 5) is 14.1. The molecule has 0 bridgehead atoms. The summed E-state index contributed by atoms with van der Waals surface area (Å²) < 4.78 is 51.7. The van der Waals surface area contributed by atoms with Gasteiger partial charge in [0.05, 0.1) is 5.56 Å². The van der Waals surface area contributed by atoms with Gasteiger partial charge >= 0.3 is 12.1 Å². The number of halogens is 4. The monoisotopic (exact) mass is 274 g/mol. The number of hydrogen-bond donors (Lipinski definition) is 1. The molecule has 0 saturated heterocycles. The minimum absolute atomic E-state index is 0.160. The zero-order valence-electron chi connectivity index (χ0n) is 9.15. The van der Waals surface area contributed by atoms with E-state index in [2.05, 4.69) is 4.98 Å². The van der Waals surface area contributed by atoms with E-state index in [1.165, 1.54) is 0 Å². The molecule has 0 amide bonds. The predicted molar refractivity (Wildman–Crippen MR) is 55.5 cm³/mol. The van der Waals surface area contributed by atoms with E-state index in [9.17, 15) is 22.4 Å². The van der Waals surface area contributed by atoms with Crippen LogP contribution in [0.25, 0.3) is 5.69 Å². The normalized spacial score (nSPS) is 11.6. The van der Waals surface area contributed by atoms with Gasteiger partial charge in [0.1, 0.15) is 12.1 Å². The standard InChI is InChI=1S/C11H6F4N2O2/c12-7-1-6(11(13,14)15)2-8(3-7)17-4-9(10(18)19)16-5-17/h1-5H,(H,18,19). The SMILES string of the molecule is O=C(O)c1cn(-c2cc(F)cc(C(F)(F)F)c2)cn1. The molecule has 0 aliphatic carbocycles. The second-order valence-corrected chi connectivity index (χ2v) is 3.67. The molecule has 2 aromatic rings. The van der Waals surface area contributed by atoms with E-state index in [0.717, 1.165) is 23.2 Å². The van der Waals surface area contributed by atoms with Crippen molar-refractivity contribution in [2.75, 3.05) is 0 Å². The molecule has 0 radical (unpaired) electrons. The van der Waals surface area contributed by atoms with E-state index < -0.39 is 23.5 Å². The summed E-state index contributed by atoms with van der Waals surface area (Å²) in [6.07, 6.45) is -2.69. The Morgan fingerprint density at radius 2 is 1.95 bits per heavy atom. The lowest BCUT2D eigenvalue weighted by atomic mass is 10.2. The third kappa shape index (κ3) is 2.72. The molecular formula is C11H6F4N2O2. The summed E-state index contributed by atoms with van der Waals surface area (Å²) in [6.45, 7) is 0. The number of carboxylic acids is 1. The van der Waals surface area contributed by atoms with Crippen LogP contribution in [-0.2, 0) is 6.18 Å². The van der Waals surface area contributed by atoms with Gasteiger partial charge in [-0.3, -0.25) is 0 Å². The first-order valence-electron chi connectivity index (χ1n) is 4.93. The van der Waals surface area contributed by atoms with Gasteiger partial charge in [-0.15, -0.1) is 0 Å². The van der Waals surface area contributed by atoms with E-state index in [1.807, 2.05) is 0 Å². The zero-order chi connectivity index (χ0) is 14.2. The smallest absolute Gasteiger partial charge is 0.416 e. The fraction of sp³-hybridized carbons (Fsp3) is 0.0909. The van der Waals surface area contributed by atoms with E-state index in [1.54, 1.807) is 0 Å². The maximum absolute atomic E-state index is 13.2. The first-order chi connectivity index (χ1) is 8.77. The maximum atomic E-state index is 13.2. The maximum Gasteiger partial charge on any atom is 0.416 e. The van der Waals surface area contributed by atoms with Crippen molar-refractivity contribution >= 4 is 5.97 Å². The molecule has 1 aromatic heterocycles. The molecular weight excluding hydrogens is 268 g/mol. The molecule has 0 aliphatic rings. The van der Waals surface area contributed by atoms with Crippen molar-refractivity contribution in [3.8, 4) is 5.69 Å². The number of imidazole rings is 1. The largest absolute Gasteiger partial charge is 0.476 e. The molecule has 1 N–H and O–H groups in total. The number of aromatic nitrogens is 2. The molecule has 2 rings (SSSR count). The highest BCUT2D eigenvalue weighted by atomic mass is 19.4. The van der Waals surface area contributed by atoms with Crippen LogP contribution >= 0.6 is 0 Å². The van der Waals surface area contributed by atoms with Crippen LogP contribution in [0.15, 0.2) is 30.7 Å². The molecule has 0 atom stereocenters. The highest BCUT2D eigenvalue weighted by Gasteiger charge is 2.31. The van der Waals surface area contributed by atoms with E-state index >= 15 is 0 Å². The van der Waals surface area contributed by atoms with Gasteiger partial charge in [-0.05, 0) is 18.2 Å². The molecule has 100 valence electrons. The van der Waals surface area contributed by atoms with Gasteiger partial charge in [0, 0.05) is 11.9 Å².